The largest absolute Gasteiger partial charge is 0.321 e. The van der Waals surface area contributed by atoms with Gasteiger partial charge in [-0.15, -0.1) is 11.3 Å². The Bertz CT molecular complexity index is 1250. The average molecular weight is 427 g/mol. The number of anilines is 2. The van der Waals surface area contributed by atoms with Crippen molar-refractivity contribution < 1.29 is 18.1 Å². The monoisotopic (exact) mass is 427 g/mol. The lowest BCUT2D eigenvalue weighted by molar-refractivity contribution is -0.384. The van der Waals surface area contributed by atoms with Crippen molar-refractivity contribution >= 4 is 56.0 Å². The van der Waals surface area contributed by atoms with Gasteiger partial charge in [-0.25, -0.2) is 8.42 Å². The standard InChI is InChI=1S/C19H13N3O5S2/c23-19-17(11-14-2-1-9-28-14)16-10-12(3-8-18(16)20-19)21-29(26,27)15-6-4-13(5-7-15)22(24)25/h1-11,21H,(H,20,23). The van der Waals surface area contributed by atoms with E-state index < -0.39 is 14.9 Å². The molecule has 1 amide bonds. The number of rotatable bonds is 5. The minimum absolute atomic E-state index is 0.104. The summed E-state index contributed by atoms with van der Waals surface area (Å²) in [6.45, 7) is 0. The van der Waals surface area contributed by atoms with Crippen molar-refractivity contribution in [3.05, 3.63) is 80.5 Å². The number of nitro groups is 1. The van der Waals surface area contributed by atoms with Crippen LogP contribution < -0.4 is 10.0 Å². The fraction of sp³-hybridized carbons (Fsp3) is 0. The van der Waals surface area contributed by atoms with E-state index in [9.17, 15) is 23.3 Å². The second kappa shape index (κ2) is 7.15. The number of nitrogens with one attached hydrogen (secondary N) is 2. The van der Waals surface area contributed by atoms with E-state index >= 15 is 0 Å². The molecular weight excluding hydrogens is 414 g/mol. The van der Waals surface area contributed by atoms with Crippen LogP contribution in [0.2, 0.25) is 0 Å². The number of benzene rings is 2. The van der Waals surface area contributed by atoms with Crippen LogP contribution in [0.1, 0.15) is 10.4 Å². The van der Waals surface area contributed by atoms with Gasteiger partial charge in [0.2, 0.25) is 0 Å². The molecule has 2 heterocycles. The molecule has 0 atom stereocenters. The fourth-order valence-corrected chi connectivity index (χ4v) is 4.58. The first kappa shape index (κ1) is 18.8. The molecule has 0 bridgehead atoms. The van der Waals surface area contributed by atoms with E-state index in [0.717, 1.165) is 17.0 Å². The second-order valence-corrected chi connectivity index (χ2v) is 8.81. The van der Waals surface area contributed by atoms with Crippen LogP contribution in [-0.2, 0) is 14.8 Å². The van der Waals surface area contributed by atoms with Crippen molar-refractivity contribution in [3.8, 4) is 0 Å². The molecule has 0 unspecified atom stereocenters. The van der Waals surface area contributed by atoms with Crippen LogP contribution in [0.3, 0.4) is 0 Å². The highest BCUT2D eigenvalue weighted by molar-refractivity contribution is 7.92. The van der Waals surface area contributed by atoms with Crippen LogP contribution in [0.15, 0.2) is 64.9 Å². The third kappa shape index (κ3) is 3.75. The molecule has 0 spiro atoms. The average Bonchev–Trinajstić information content (AvgIpc) is 3.30. The van der Waals surface area contributed by atoms with Crippen LogP contribution in [-0.4, -0.2) is 19.2 Å². The molecule has 29 heavy (non-hydrogen) atoms. The lowest BCUT2D eigenvalue weighted by Gasteiger charge is -2.09. The van der Waals surface area contributed by atoms with Gasteiger partial charge in [0.1, 0.15) is 0 Å². The number of non-ortho nitro benzene ring substituents is 1. The summed E-state index contributed by atoms with van der Waals surface area (Å²) in [5.74, 6) is -0.260. The summed E-state index contributed by atoms with van der Waals surface area (Å²) in [4.78, 5) is 23.2. The Morgan fingerprint density at radius 2 is 1.86 bits per heavy atom. The summed E-state index contributed by atoms with van der Waals surface area (Å²) in [5, 5.41) is 15.4. The first-order valence-electron chi connectivity index (χ1n) is 8.32. The van der Waals surface area contributed by atoms with Gasteiger partial charge in [-0.2, -0.15) is 0 Å². The molecule has 2 N–H and O–H groups in total. The van der Waals surface area contributed by atoms with Crippen molar-refractivity contribution in [2.75, 3.05) is 10.0 Å². The minimum atomic E-state index is -3.95. The Morgan fingerprint density at radius 1 is 1.10 bits per heavy atom. The lowest BCUT2D eigenvalue weighted by Crippen LogP contribution is -2.13. The highest BCUT2D eigenvalue weighted by Gasteiger charge is 2.25. The second-order valence-electron chi connectivity index (χ2n) is 6.14. The number of carbonyl (C=O) groups excluding carboxylic acids is 1. The number of carbonyl (C=O) groups is 1. The molecule has 4 rings (SSSR count). The van der Waals surface area contributed by atoms with Gasteiger partial charge in [0.25, 0.3) is 21.6 Å². The van der Waals surface area contributed by atoms with Crippen LogP contribution in [0, 0.1) is 10.1 Å². The van der Waals surface area contributed by atoms with Gasteiger partial charge in [-0.3, -0.25) is 19.6 Å². The maximum Gasteiger partial charge on any atom is 0.269 e. The van der Waals surface area contributed by atoms with Gasteiger partial charge in [-0.05, 0) is 47.9 Å². The summed E-state index contributed by atoms with van der Waals surface area (Å²) < 4.78 is 27.7. The number of amides is 1. The fourth-order valence-electron chi connectivity index (χ4n) is 2.87. The molecule has 0 radical (unpaired) electrons. The number of hydrogen-bond donors (Lipinski definition) is 2. The molecule has 0 saturated heterocycles. The zero-order chi connectivity index (χ0) is 20.6. The minimum Gasteiger partial charge on any atom is -0.321 e. The van der Waals surface area contributed by atoms with Gasteiger partial charge in [0.15, 0.2) is 0 Å². The Kier molecular flexibility index (Phi) is 4.65. The summed E-state index contributed by atoms with van der Waals surface area (Å²) >= 11 is 1.49. The van der Waals surface area contributed by atoms with E-state index in [-0.39, 0.29) is 22.2 Å². The number of thiophene rings is 1. The van der Waals surface area contributed by atoms with Crippen LogP contribution >= 0.6 is 11.3 Å². The topological polar surface area (TPSA) is 118 Å². The number of nitro benzene ring substituents is 1. The van der Waals surface area contributed by atoms with E-state index in [1.807, 2.05) is 17.5 Å². The van der Waals surface area contributed by atoms with Crippen LogP contribution in [0.25, 0.3) is 11.6 Å². The molecule has 0 saturated carbocycles. The normalized spacial score (nSPS) is 14.5. The maximum atomic E-state index is 12.6. The molecule has 0 fully saturated rings. The van der Waals surface area contributed by atoms with Gasteiger partial charge in [0, 0.05) is 33.9 Å². The van der Waals surface area contributed by atoms with Crippen molar-refractivity contribution in [2.45, 2.75) is 4.90 Å². The predicted molar refractivity (Wildman–Crippen MR) is 111 cm³/mol. The van der Waals surface area contributed by atoms with E-state index in [2.05, 4.69) is 10.0 Å². The molecule has 146 valence electrons. The van der Waals surface area contributed by atoms with Crippen LogP contribution in [0.4, 0.5) is 17.1 Å². The van der Waals surface area contributed by atoms with Crippen molar-refractivity contribution in [3.63, 3.8) is 0 Å². The first-order valence-corrected chi connectivity index (χ1v) is 10.7. The smallest absolute Gasteiger partial charge is 0.269 e. The summed E-state index contributed by atoms with van der Waals surface area (Å²) in [7, 11) is -3.95. The van der Waals surface area contributed by atoms with Crippen molar-refractivity contribution in [1.82, 2.24) is 0 Å². The van der Waals surface area contributed by atoms with Gasteiger partial charge in [-0.1, -0.05) is 6.07 Å². The van der Waals surface area contributed by atoms with E-state index in [1.54, 1.807) is 18.2 Å². The Morgan fingerprint density at radius 3 is 2.52 bits per heavy atom. The molecular formula is C19H13N3O5S2. The Hall–Kier alpha value is -3.50. The van der Waals surface area contributed by atoms with Crippen molar-refractivity contribution in [2.24, 2.45) is 0 Å². The molecule has 3 aromatic rings. The summed E-state index contributed by atoms with van der Waals surface area (Å²) in [5.41, 5.74) is 1.70. The number of nitrogens with zero attached hydrogens (tertiary/aromatic N) is 1. The van der Waals surface area contributed by atoms with Crippen molar-refractivity contribution in [1.29, 1.82) is 0 Å². The first-order chi connectivity index (χ1) is 13.8. The van der Waals surface area contributed by atoms with E-state index in [1.165, 1.54) is 29.5 Å². The Balaban J connectivity index is 1.65. The van der Waals surface area contributed by atoms with Crippen LogP contribution in [0.5, 0.6) is 0 Å². The van der Waals surface area contributed by atoms with Gasteiger partial charge in [0.05, 0.1) is 15.4 Å². The quantitative estimate of drug-likeness (QED) is 0.363. The van der Waals surface area contributed by atoms with E-state index in [4.69, 9.17) is 0 Å². The third-order valence-electron chi connectivity index (χ3n) is 4.24. The zero-order valence-electron chi connectivity index (χ0n) is 14.7. The van der Waals surface area contributed by atoms with Gasteiger partial charge < -0.3 is 5.32 Å². The third-order valence-corrected chi connectivity index (χ3v) is 6.46. The Labute approximate surface area is 169 Å². The molecule has 1 aromatic heterocycles. The molecule has 0 aliphatic carbocycles. The highest BCUT2D eigenvalue weighted by atomic mass is 32.2. The number of hydrogen-bond acceptors (Lipinski definition) is 6. The maximum absolute atomic E-state index is 12.6. The molecule has 8 nitrogen and oxygen atoms in total. The lowest BCUT2D eigenvalue weighted by atomic mass is 10.1. The number of fused-ring (bicyclic) bond motifs is 1. The molecule has 1 aliphatic rings. The molecule has 10 heteroatoms. The summed E-state index contributed by atoms with van der Waals surface area (Å²) in [6.07, 6.45) is 1.75. The van der Waals surface area contributed by atoms with Gasteiger partial charge >= 0.3 is 0 Å². The highest BCUT2D eigenvalue weighted by Crippen LogP contribution is 2.36. The molecule has 2 aromatic carbocycles. The number of sulfonamides is 1. The molecule has 1 aliphatic heterocycles. The zero-order valence-corrected chi connectivity index (χ0v) is 16.3. The summed E-state index contributed by atoms with van der Waals surface area (Å²) in [6, 6.07) is 13.1. The SMILES string of the molecule is O=C1Nc2ccc(NS(=O)(=O)c3ccc([N+](=O)[O-])cc3)cc2C1=Cc1cccs1. The van der Waals surface area contributed by atoms with E-state index in [0.29, 0.717) is 16.8 Å². The predicted octanol–water partition coefficient (Wildman–Crippen LogP) is 3.95.